The summed E-state index contributed by atoms with van der Waals surface area (Å²) in [5.74, 6) is -0.503. The molecule has 3 amide bonds. The molecule has 2 heterocycles. The Bertz CT molecular complexity index is 1260. The van der Waals surface area contributed by atoms with Crippen LogP contribution in [0.5, 0.6) is 0 Å². The Hall–Kier alpha value is -3.58. The summed E-state index contributed by atoms with van der Waals surface area (Å²) in [6.45, 7) is 3.81. The summed E-state index contributed by atoms with van der Waals surface area (Å²) >= 11 is 1.31. The number of para-hydroxylation sites is 2. The van der Waals surface area contributed by atoms with Gasteiger partial charge < -0.3 is 5.32 Å². The van der Waals surface area contributed by atoms with Crippen molar-refractivity contribution in [2.45, 2.75) is 18.7 Å². The minimum Gasteiger partial charge on any atom is -0.325 e. The van der Waals surface area contributed by atoms with Gasteiger partial charge in [0, 0.05) is 16.9 Å². The van der Waals surface area contributed by atoms with E-state index in [9.17, 15) is 14.4 Å². The molecular formula is C26H23N3O3S. The van der Waals surface area contributed by atoms with Gasteiger partial charge in [-0.1, -0.05) is 42.5 Å². The first-order valence-corrected chi connectivity index (χ1v) is 11.7. The van der Waals surface area contributed by atoms with Crippen LogP contribution in [0.1, 0.15) is 16.7 Å². The number of thioether (sulfide) groups is 1. The lowest BCUT2D eigenvalue weighted by atomic mass is 10.0. The number of hydrogen-bond acceptors (Lipinski definition) is 4. The van der Waals surface area contributed by atoms with E-state index in [1.165, 1.54) is 16.7 Å². The van der Waals surface area contributed by atoms with Crippen molar-refractivity contribution in [3.05, 3.63) is 89.5 Å². The number of aryl methyl sites for hydroxylation is 2. The Morgan fingerprint density at radius 2 is 1.64 bits per heavy atom. The van der Waals surface area contributed by atoms with Crippen LogP contribution in [-0.2, 0) is 19.3 Å². The Balaban J connectivity index is 1.55. The summed E-state index contributed by atoms with van der Waals surface area (Å²) in [6, 6.07) is 22.5. The molecule has 0 aliphatic carbocycles. The quantitative estimate of drug-likeness (QED) is 0.637. The topological polar surface area (TPSA) is 69.7 Å². The van der Waals surface area contributed by atoms with Crippen molar-refractivity contribution in [1.82, 2.24) is 0 Å². The van der Waals surface area contributed by atoms with Crippen LogP contribution in [0.3, 0.4) is 0 Å². The van der Waals surface area contributed by atoms with Gasteiger partial charge in [-0.2, -0.15) is 0 Å². The lowest BCUT2D eigenvalue weighted by Crippen LogP contribution is -2.51. The zero-order valence-corrected chi connectivity index (χ0v) is 19.2. The van der Waals surface area contributed by atoms with E-state index in [2.05, 4.69) is 5.32 Å². The summed E-state index contributed by atoms with van der Waals surface area (Å²) in [6.07, 6.45) is 0. The monoisotopic (exact) mass is 457 g/mol. The Kier molecular flexibility index (Phi) is 5.21. The van der Waals surface area contributed by atoms with Crippen LogP contribution in [0.15, 0.2) is 72.8 Å². The van der Waals surface area contributed by atoms with Crippen molar-refractivity contribution >= 4 is 46.5 Å². The smallest absolute Gasteiger partial charge is 0.269 e. The fraction of sp³-hybridized carbons (Fsp3) is 0.192. The van der Waals surface area contributed by atoms with E-state index in [1.54, 1.807) is 17.0 Å². The SMILES string of the molecule is Cc1cc(C)cc(N2C(=O)CS[C@@]23C(=O)N(CC(=O)Nc2ccccc2)c2ccccc23)c1. The minimum atomic E-state index is -1.22. The summed E-state index contributed by atoms with van der Waals surface area (Å²) in [7, 11) is 0. The molecule has 166 valence electrons. The lowest BCUT2D eigenvalue weighted by molar-refractivity contribution is -0.124. The molecule has 33 heavy (non-hydrogen) atoms. The van der Waals surface area contributed by atoms with Crippen LogP contribution in [-0.4, -0.2) is 30.0 Å². The van der Waals surface area contributed by atoms with E-state index < -0.39 is 4.87 Å². The number of nitrogens with zero attached hydrogens (tertiary/aromatic N) is 2. The Morgan fingerprint density at radius 1 is 0.970 bits per heavy atom. The first kappa shape index (κ1) is 21.3. The zero-order valence-electron chi connectivity index (χ0n) is 18.4. The van der Waals surface area contributed by atoms with Crippen molar-refractivity contribution in [3.8, 4) is 0 Å². The van der Waals surface area contributed by atoms with Crippen LogP contribution in [0, 0.1) is 13.8 Å². The highest BCUT2D eigenvalue weighted by Gasteiger charge is 2.61. The van der Waals surface area contributed by atoms with Crippen molar-refractivity contribution in [2.75, 3.05) is 27.4 Å². The summed E-state index contributed by atoms with van der Waals surface area (Å²) in [5.41, 5.74) is 4.78. The highest BCUT2D eigenvalue weighted by Crippen LogP contribution is 2.55. The standard InChI is InChI=1S/C26H23N3O3S/c1-17-12-18(2)14-20(13-17)29-24(31)16-33-26(29)21-10-6-7-11-22(21)28(25(26)32)15-23(30)27-19-8-4-3-5-9-19/h3-14H,15-16H2,1-2H3,(H,27,30)/t26-/m0/s1. The molecule has 1 N–H and O–H groups in total. The van der Waals surface area contributed by atoms with Crippen molar-refractivity contribution in [2.24, 2.45) is 0 Å². The molecular weight excluding hydrogens is 434 g/mol. The molecule has 3 aromatic carbocycles. The van der Waals surface area contributed by atoms with E-state index in [0.717, 1.165) is 16.7 Å². The third-order valence-electron chi connectivity index (χ3n) is 5.89. The second kappa shape index (κ2) is 8.08. The fourth-order valence-electron chi connectivity index (χ4n) is 4.66. The van der Waals surface area contributed by atoms with Gasteiger partial charge in [-0.15, -0.1) is 11.8 Å². The average molecular weight is 458 g/mol. The highest BCUT2D eigenvalue weighted by molar-refractivity contribution is 8.02. The number of rotatable bonds is 4. The number of hydrogen-bond donors (Lipinski definition) is 1. The molecule has 1 atom stereocenters. The van der Waals surface area contributed by atoms with Crippen molar-refractivity contribution in [1.29, 1.82) is 0 Å². The maximum atomic E-state index is 14.0. The Morgan fingerprint density at radius 3 is 2.36 bits per heavy atom. The summed E-state index contributed by atoms with van der Waals surface area (Å²) in [4.78, 5) is 41.9. The Labute approximate surface area is 196 Å². The predicted molar refractivity (Wildman–Crippen MR) is 131 cm³/mol. The van der Waals surface area contributed by atoms with Gasteiger partial charge in [0.15, 0.2) is 0 Å². The van der Waals surface area contributed by atoms with Crippen LogP contribution in [0.4, 0.5) is 17.1 Å². The highest BCUT2D eigenvalue weighted by atomic mass is 32.2. The zero-order chi connectivity index (χ0) is 23.2. The van der Waals surface area contributed by atoms with E-state index in [-0.39, 0.29) is 30.0 Å². The number of amides is 3. The van der Waals surface area contributed by atoms with Gasteiger partial charge in [-0.25, -0.2) is 0 Å². The average Bonchev–Trinajstić information content (AvgIpc) is 3.25. The van der Waals surface area contributed by atoms with E-state index in [0.29, 0.717) is 17.1 Å². The molecule has 0 saturated carbocycles. The van der Waals surface area contributed by atoms with Gasteiger partial charge in [-0.05, 0) is 55.3 Å². The molecule has 5 rings (SSSR count). The van der Waals surface area contributed by atoms with Crippen LogP contribution in [0.2, 0.25) is 0 Å². The predicted octanol–water partition coefficient (Wildman–Crippen LogP) is 4.22. The molecule has 1 spiro atoms. The molecule has 2 aliphatic heterocycles. The fourth-order valence-corrected chi connectivity index (χ4v) is 6.02. The molecule has 0 bridgehead atoms. The largest absolute Gasteiger partial charge is 0.325 e. The van der Waals surface area contributed by atoms with Gasteiger partial charge in [0.1, 0.15) is 6.54 Å². The maximum absolute atomic E-state index is 14.0. The molecule has 0 aromatic heterocycles. The molecule has 7 heteroatoms. The second-order valence-corrected chi connectivity index (χ2v) is 9.50. The van der Waals surface area contributed by atoms with Crippen LogP contribution < -0.4 is 15.1 Å². The van der Waals surface area contributed by atoms with Crippen molar-refractivity contribution < 1.29 is 14.4 Å². The molecule has 3 aromatic rings. The second-order valence-electron chi connectivity index (χ2n) is 8.33. The normalized spacial score (nSPS) is 19.3. The van der Waals surface area contributed by atoms with Gasteiger partial charge in [0.25, 0.3) is 5.91 Å². The summed E-state index contributed by atoms with van der Waals surface area (Å²) < 4.78 is 0. The number of nitrogens with one attached hydrogen (secondary N) is 1. The lowest BCUT2D eigenvalue weighted by Gasteiger charge is -2.33. The van der Waals surface area contributed by atoms with E-state index in [4.69, 9.17) is 0 Å². The maximum Gasteiger partial charge on any atom is 0.269 e. The molecule has 2 aliphatic rings. The molecule has 0 unspecified atom stereocenters. The number of carbonyl (C=O) groups excluding carboxylic acids is 3. The van der Waals surface area contributed by atoms with Crippen molar-refractivity contribution in [3.63, 3.8) is 0 Å². The number of fused-ring (bicyclic) bond motifs is 2. The number of carbonyl (C=O) groups is 3. The van der Waals surface area contributed by atoms with Gasteiger partial charge in [0.05, 0.1) is 11.4 Å². The van der Waals surface area contributed by atoms with Crippen LogP contribution >= 0.6 is 11.8 Å². The van der Waals surface area contributed by atoms with E-state index >= 15 is 0 Å². The molecule has 1 fully saturated rings. The minimum absolute atomic E-state index is 0.122. The number of anilines is 3. The third kappa shape index (κ3) is 3.49. The van der Waals surface area contributed by atoms with Gasteiger partial charge in [0.2, 0.25) is 16.7 Å². The first-order chi connectivity index (χ1) is 15.9. The van der Waals surface area contributed by atoms with Gasteiger partial charge in [-0.3, -0.25) is 24.2 Å². The third-order valence-corrected chi connectivity index (χ3v) is 7.27. The van der Waals surface area contributed by atoms with Gasteiger partial charge >= 0.3 is 0 Å². The number of benzene rings is 3. The molecule has 0 radical (unpaired) electrons. The van der Waals surface area contributed by atoms with E-state index in [1.807, 2.05) is 74.5 Å². The molecule has 6 nitrogen and oxygen atoms in total. The van der Waals surface area contributed by atoms with Crippen LogP contribution in [0.25, 0.3) is 0 Å². The molecule has 1 saturated heterocycles. The first-order valence-electron chi connectivity index (χ1n) is 10.7. The summed E-state index contributed by atoms with van der Waals surface area (Å²) in [5, 5.41) is 2.85.